The number of nitrogens with one attached hydrogen (secondary N) is 1. The molecule has 1 N–H and O–H groups in total. The highest BCUT2D eigenvalue weighted by Gasteiger charge is 2.32. The lowest BCUT2D eigenvalue weighted by Gasteiger charge is -2.25. The van der Waals surface area contributed by atoms with E-state index >= 15 is 0 Å². The first-order chi connectivity index (χ1) is 10.3. The second-order valence-electron chi connectivity index (χ2n) is 6.04. The zero-order valence-electron chi connectivity index (χ0n) is 12.7. The van der Waals surface area contributed by atoms with Crippen molar-refractivity contribution in [1.29, 1.82) is 0 Å². The van der Waals surface area contributed by atoms with E-state index in [2.05, 4.69) is 9.97 Å². The normalized spacial score (nSPS) is 13.0. The number of ketones is 1. The lowest BCUT2D eigenvalue weighted by molar-refractivity contribution is -0.133. The van der Waals surface area contributed by atoms with Crippen molar-refractivity contribution in [1.82, 2.24) is 9.97 Å². The van der Waals surface area contributed by atoms with Crippen molar-refractivity contribution in [3.63, 3.8) is 0 Å². The molecule has 1 aromatic carbocycles. The van der Waals surface area contributed by atoms with Crippen molar-refractivity contribution in [3.8, 4) is 5.75 Å². The Morgan fingerprint density at radius 1 is 1.36 bits per heavy atom. The van der Waals surface area contributed by atoms with Gasteiger partial charge in [0.2, 0.25) is 0 Å². The maximum Gasteiger partial charge on any atom is 0.179 e. The third kappa shape index (κ3) is 4.24. The monoisotopic (exact) mass is 340 g/mol. The largest absolute Gasteiger partial charge is 0.481 e. The first kappa shape index (κ1) is 16.8. The number of hydrogen-bond acceptors (Lipinski definition) is 3. The summed E-state index contributed by atoms with van der Waals surface area (Å²) in [4.78, 5) is 19.8. The number of carbonyl (C=O) groups is 1. The van der Waals surface area contributed by atoms with Crippen LogP contribution in [0, 0.1) is 5.41 Å². The van der Waals surface area contributed by atoms with Gasteiger partial charge in [-0.3, -0.25) is 4.79 Å². The molecule has 0 saturated heterocycles. The second kappa shape index (κ2) is 6.71. The molecule has 0 aliphatic heterocycles. The first-order valence-corrected chi connectivity index (χ1v) is 7.67. The van der Waals surface area contributed by atoms with Crippen molar-refractivity contribution in [2.45, 2.75) is 33.3 Å². The standard InChI is InChI=1S/C16H18Cl2N2O2/c1-16(2,3)15(21)13(9-14-19-6-7-20-14)22-12-5-4-10(17)8-11(12)18/h4-8,13H,9H2,1-3H3,(H,19,20). The zero-order valence-corrected chi connectivity index (χ0v) is 14.2. The Balaban J connectivity index is 2.25. The number of rotatable bonds is 5. The van der Waals surface area contributed by atoms with Gasteiger partial charge in [0.25, 0.3) is 0 Å². The van der Waals surface area contributed by atoms with E-state index in [4.69, 9.17) is 27.9 Å². The molecule has 4 nitrogen and oxygen atoms in total. The molecule has 0 amide bonds. The number of benzene rings is 1. The topological polar surface area (TPSA) is 55.0 Å². The predicted molar refractivity (Wildman–Crippen MR) is 87.6 cm³/mol. The smallest absolute Gasteiger partial charge is 0.179 e. The quantitative estimate of drug-likeness (QED) is 0.881. The number of Topliss-reactive ketones (excluding diaryl/α,β-unsaturated/α-hetero) is 1. The highest BCUT2D eigenvalue weighted by molar-refractivity contribution is 6.35. The zero-order chi connectivity index (χ0) is 16.3. The van der Waals surface area contributed by atoms with Gasteiger partial charge in [-0.05, 0) is 18.2 Å². The van der Waals surface area contributed by atoms with Gasteiger partial charge in [0.05, 0.1) is 5.02 Å². The Labute approximate surface area is 139 Å². The van der Waals surface area contributed by atoms with E-state index in [0.717, 1.165) is 0 Å². The molecule has 0 aliphatic rings. The van der Waals surface area contributed by atoms with E-state index in [1.165, 1.54) is 0 Å². The van der Waals surface area contributed by atoms with Crippen molar-refractivity contribution in [2.24, 2.45) is 5.41 Å². The summed E-state index contributed by atoms with van der Waals surface area (Å²) in [5, 5.41) is 0.890. The molecule has 1 heterocycles. The van der Waals surface area contributed by atoms with Gasteiger partial charge in [-0.2, -0.15) is 0 Å². The number of halogens is 2. The van der Waals surface area contributed by atoms with Gasteiger partial charge >= 0.3 is 0 Å². The summed E-state index contributed by atoms with van der Waals surface area (Å²) in [6.07, 6.45) is 3.03. The van der Waals surface area contributed by atoms with E-state index in [1.807, 2.05) is 20.8 Å². The molecule has 0 spiro atoms. The van der Waals surface area contributed by atoms with Crippen molar-refractivity contribution in [2.75, 3.05) is 0 Å². The predicted octanol–water partition coefficient (Wildman–Crippen LogP) is 4.32. The molecule has 118 valence electrons. The van der Waals surface area contributed by atoms with Crippen LogP contribution in [0.4, 0.5) is 0 Å². The summed E-state index contributed by atoms with van der Waals surface area (Å²) in [6.45, 7) is 5.58. The molecule has 0 fully saturated rings. The van der Waals surface area contributed by atoms with Crippen LogP contribution >= 0.6 is 23.2 Å². The highest BCUT2D eigenvalue weighted by Crippen LogP contribution is 2.30. The molecule has 0 saturated carbocycles. The van der Waals surface area contributed by atoms with Crippen LogP contribution in [0.3, 0.4) is 0 Å². The van der Waals surface area contributed by atoms with Crippen LogP contribution in [0.2, 0.25) is 10.0 Å². The molecular formula is C16H18Cl2N2O2. The Morgan fingerprint density at radius 2 is 2.09 bits per heavy atom. The fourth-order valence-corrected chi connectivity index (χ4v) is 2.43. The fourth-order valence-electron chi connectivity index (χ4n) is 1.98. The lowest BCUT2D eigenvalue weighted by atomic mass is 9.86. The van der Waals surface area contributed by atoms with Crippen LogP contribution in [0.25, 0.3) is 0 Å². The SMILES string of the molecule is CC(C)(C)C(=O)C(Cc1ncc[nH]1)Oc1ccc(Cl)cc1Cl. The Morgan fingerprint density at radius 3 is 2.64 bits per heavy atom. The van der Waals surface area contributed by atoms with Gasteiger partial charge in [-0.25, -0.2) is 4.98 Å². The molecule has 22 heavy (non-hydrogen) atoms. The maximum atomic E-state index is 12.6. The molecule has 1 aromatic heterocycles. The highest BCUT2D eigenvalue weighted by atomic mass is 35.5. The van der Waals surface area contributed by atoms with E-state index in [1.54, 1.807) is 30.6 Å². The minimum Gasteiger partial charge on any atom is -0.481 e. The molecule has 1 atom stereocenters. The summed E-state index contributed by atoms with van der Waals surface area (Å²) in [7, 11) is 0. The molecular weight excluding hydrogens is 323 g/mol. The van der Waals surface area contributed by atoms with Crippen LogP contribution in [-0.2, 0) is 11.2 Å². The maximum absolute atomic E-state index is 12.6. The molecule has 6 heteroatoms. The number of nitrogens with zero attached hydrogens (tertiary/aromatic N) is 1. The third-order valence-corrected chi connectivity index (χ3v) is 3.66. The lowest BCUT2D eigenvalue weighted by Crippen LogP contribution is -2.38. The molecule has 2 aromatic rings. The summed E-state index contributed by atoms with van der Waals surface area (Å²) >= 11 is 12.0. The molecule has 0 aliphatic carbocycles. The Bertz CT molecular complexity index is 649. The van der Waals surface area contributed by atoms with E-state index in [-0.39, 0.29) is 5.78 Å². The molecule has 0 bridgehead atoms. The van der Waals surface area contributed by atoms with Gasteiger partial charge < -0.3 is 9.72 Å². The van der Waals surface area contributed by atoms with Gasteiger partial charge in [0.1, 0.15) is 11.6 Å². The molecule has 1 unspecified atom stereocenters. The molecule has 0 radical (unpaired) electrons. The molecule has 2 rings (SSSR count). The van der Waals surface area contributed by atoms with Crippen molar-refractivity contribution >= 4 is 29.0 Å². The first-order valence-electron chi connectivity index (χ1n) is 6.91. The third-order valence-electron chi connectivity index (χ3n) is 3.13. The Hall–Kier alpha value is -1.52. The van der Waals surface area contributed by atoms with Gasteiger partial charge in [0, 0.05) is 29.3 Å². The number of aromatic amines is 1. The number of ether oxygens (including phenoxy) is 1. The summed E-state index contributed by atoms with van der Waals surface area (Å²) in [5.41, 5.74) is -0.532. The second-order valence-corrected chi connectivity index (χ2v) is 6.88. The average molecular weight is 341 g/mol. The number of carbonyl (C=O) groups excluding carboxylic acids is 1. The minimum absolute atomic E-state index is 0.0186. The fraction of sp³-hybridized carbons (Fsp3) is 0.375. The number of aromatic nitrogens is 2. The van der Waals surface area contributed by atoms with E-state index in [0.29, 0.717) is 28.0 Å². The van der Waals surface area contributed by atoms with Crippen molar-refractivity contribution in [3.05, 3.63) is 46.5 Å². The summed E-state index contributed by atoms with van der Waals surface area (Å²) in [6, 6.07) is 4.92. The van der Waals surface area contributed by atoms with Gasteiger partial charge in [0.15, 0.2) is 11.9 Å². The summed E-state index contributed by atoms with van der Waals surface area (Å²) < 4.78 is 5.86. The van der Waals surface area contributed by atoms with Crippen LogP contribution in [0.15, 0.2) is 30.6 Å². The van der Waals surface area contributed by atoms with Gasteiger partial charge in [-0.15, -0.1) is 0 Å². The average Bonchev–Trinajstić information content (AvgIpc) is 2.92. The van der Waals surface area contributed by atoms with Crippen LogP contribution in [0.5, 0.6) is 5.75 Å². The van der Waals surface area contributed by atoms with Crippen LogP contribution < -0.4 is 4.74 Å². The number of imidazole rings is 1. The van der Waals surface area contributed by atoms with E-state index < -0.39 is 11.5 Å². The van der Waals surface area contributed by atoms with E-state index in [9.17, 15) is 4.79 Å². The minimum atomic E-state index is -0.676. The number of hydrogen-bond donors (Lipinski definition) is 1. The summed E-state index contributed by atoms with van der Waals surface area (Å²) in [5.74, 6) is 1.10. The Kier molecular flexibility index (Phi) is 5.14. The van der Waals surface area contributed by atoms with Crippen molar-refractivity contribution < 1.29 is 9.53 Å². The number of H-pyrrole nitrogens is 1. The van der Waals surface area contributed by atoms with Gasteiger partial charge in [-0.1, -0.05) is 44.0 Å². The van der Waals surface area contributed by atoms with Crippen LogP contribution in [-0.4, -0.2) is 21.9 Å². The van der Waals surface area contributed by atoms with Crippen LogP contribution in [0.1, 0.15) is 26.6 Å².